The van der Waals surface area contributed by atoms with Gasteiger partial charge in [-0.05, 0) is 18.6 Å². The van der Waals surface area contributed by atoms with Crippen molar-refractivity contribution in [1.82, 2.24) is 0 Å². The monoisotopic (exact) mass is 323 g/mol. The smallest absolute Gasteiger partial charge is 0.232 e. The number of hydrogen-bond acceptors (Lipinski definition) is 1. The maximum absolute atomic E-state index is 5.93. The summed E-state index contributed by atoms with van der Waals surface area (Å²) >= 11 is 28.8. The van der Waals surface area contributed by atoms with Crippen LogP contribution in [-0.2, 0) is 0 Å². The predicted octanol–water partition coefficient (Wildman–Crippen LogP) is 6.46. The van der Waals surface area contributed by atoms with E-state index in [1.165, 1.54) is 0 Å². The third-order valence-electron chi connectivity index (χ3n) is 1.65. The molecular formula is C8H7Cl5NP. The van der Waals surface area contributed by atoms with Crippen LogP contribution in [0.15, 0.2) is 29.0 Å². The van der Waals surface area contributed by atoms with Gasteiger partial charge in [-0.3, -0.25) is 0 Å². The van der Waals surface area contributed by atoms with Crippen molar-refractivity contribution in [1.29, 1.82) is 0 Å². The maximum atomic E-state index is 5.93. The van der Waals surface area contributed by atoms with Crippen molar-refractivity contribution >= 4 is 68.7 Å². The van der Waals surface area contributed by atoms with Crippen molar-refractivity contribution in [2.75, 3.05) is 0 Å². The molecule has 0 heterocycles. The normalized spacial score (nSPS) is 12.7. The maximum Gasteiger partial charge on any atom is 0.251 e. The van der Waals surface area contributed by atoms with E-state index in [1.807, 2.05) is 25.1 Å². The molecule has 15 heavy (non-hydrogen) atoms. The minimum Gasteiger partial charge on any atom is -0.232 e. The van der Waals surface area contributed by atoms with Crippen LogP contribution in [0.2, 0.25) is 0 Å². The van der Waals surface area contributed by atoms with Gasteiger partial charge >= 0.3 is 0 Å². The van der Waals surface area contributed by atoms with Crippen LogP contribution >= 0.6 is 63.0 Å². The zero-order chi connectivity index (χ0) is 11.7. The number of alkyl halides is 3. The van der Waals surface area contributed by atoms with E-state index < -0.39 is 9.29 Å². The molecule has 0 aliphatic heterocycles. The Bertz CT molecular complexity index is 406. The summed E-state index contributed by atoms with van der Waals surface area (Å²) in [5, 5.41) is 0. The molecule has 0 atom stereocenters. The molecule has 7 heteroatoms. The Morgan fingerprint density at radius 3 is 2.13 bits per heavy atom. The first-order valence-corrected chi connectivity index (χ1v) is 8.57. The summed E-state index contributed by atoms with van der Waals surface area (Å²) in [5.74, 6) is -3.01. The molecule has 0 aliphatic carbocycles. The number of aryl methyl sites for hydroxylation is 1. The SMILES string of the molecule is Cc1ccccc1N=P(Cl)(Cl)C(Cl)(Cl)Cl. The van der Waals surface area contributed by atoms with Gasteiger partial charge in [-0.25, -0.2) is 4.74 Å². The highest BCUT2D eigenvalue weighted by Crippen LogP contribution is 2.76. The van der Waals surface area contributed by atoms with Gasteiger partial charge in [0.1, 0.15) is 0 Å². The molecule has 0 aliphatic rings. The summed E-state index contributed by atoms with van der Waals surface area (Å²) < 4.78 is 2.34. The summed E-state index contributed by atoms with van der Waals surface area (Å²) in [4.78, 5) is 0. The van der Waals surface area contributed by atoms with Crippen molar-refractivity contribution in [3.63, 3.8) is 0 Å². The molecule has 0 bridgehead atoms. The van der Waals surface area contributed by atoms with Gasteiger partial charge in [0, 0.05) is 0 Å². The molecule has 0 fully saturated rings. The van der Waals surface area contributed by atoms with E-state index in [0.29, 0.717) is 5.69 Å². The van der Waals surface area contributed by atoms with Crippen LogP contribution in [0, 0.1) is 6.92 Å². The molecule has 1 nitrogen and oxygen atoms in total. The third kappa shape index (κ3) is 3.70. The minimum atomic E-state index is -3.01. The second-order valence-corrected chi connectivity index (χ2v) is 11.2. The Kier molecular flexibility index (Phi) is 4.69. The summed E-state index contributed by atoms with van der Waals surface area (Å²) in [5.41, 5.74) is 1.57. The molecule has 0 amide bonds. The molecule has 0 saturated heterocycles. The molecule has 0 spiro atoms. The van der Waals surface area contributed by atoms with Crippen molar-refractivity contribution in [2.45, 2.75) is 10.5 Å². The quantitative estimate of drug-likeness (QED) is 0.415. The van der Waals surface area contributed by atoms with E-state index in [0.717, 1.165) is 5.56 Å². The average Bonchev–Trinajstić information content (AvgIpc) is 2.06. The highest BCUT2D eigenvalue weighted by Gasteiger charge is 2.38. The summed E-state index contributed by atoms with van der Waals surface area (Å²) in [6.45, 7) is 1.88. The van der Waals surface area contributed by atoms with E-state index in [-0.39, 0.29) is 0 Å². The summed E-state index contributed by atoms with van der Waals surface area (Å²) in [7, 11) is 0. The van der Waals surface area contributed by atoms with E-state index >= 15 is 0 Å². The number of halogens is 5. The average molecular weight is 325 g/mol. The standard InChI is InChI=1S/C8H7Cl5NP/c1-6-4-2-3-5-7(6)14-15(12,13)8(9,10)11/h2-5H,1H3. The molecule has 0 saturated carbocycles. The molecule has 0 N–H and O–H groups in total. The van der Waals surface area contributed by atoms with Gasteiger partial charge in [0.15, 0.2) is 5.76 Å². The number of benzene rings is 1. The van der Waals surface area contributed by atoms with Gasteiger partial charge < -0.3 is 0 Å². The zero-order valence-corrected chi connectivity index (χ0v) is 12.3. The van der Waals surface area contributed by atoms with Crippen molar-refractivity contribution in [2.24, 2.45) is 4.74 Å². The molecule has 0 aromatic heterocycles. The van der Waals surface area contributed by atoms with Gasteiger partial charge in [0.2, 0.25) is 0 Å². The van der Waals surface area contributed by atoms with Crippen LogP contribution in [0.3, 0.4) is 0 Å². The Balaban J connectivity index is 3.24. The van der Waals surface area contributed by atoms with Crippen LogP contribution in [-0.4, -0.2) is 3.53 Å². The highest BCUT2D eigenvalue weighted by molar-refractivity contribution is 8.14. The van der Waals surface area contributed by atoms with Gasteiger partial charge in [-0.2, -0.15) is 0 Å². The fourth-order valence-corrected chi connectivity index (χ4v) is 2.30. The van der Waals surface area contributed by atoms with Gasteiger partial charge in [-0.1, -0.05) is 75.5 Å². The largest absolute Gasteiger partial charge is 0.251 e. The van der Waals surface area contributed by atoms with Crippen LogP contribution in [0.4, 0.5) is 5.69 Å². The lowest BCUT2D eigenvalue weighted by Gasteiger charge is -2.17. The minimum absolute atomic E-state index is 0.641. The highest BCUT2D eigenvalue weighted by atomic mass is 35.9. The number of nitrogens with zero attached hydrogens (tertiary/aromatic N) is 1. The van der Waals surface area contributed by atoms with Crippen LogP contribution in [0.1, 0.15) is 5.56 Å². The van der Waals surface area contributed by atoms with Crippen LogP contribution < -0.4 is 0 Å². The Hall–Kier alpha value is 0.900. The van der Waals surface area contributed by atoms with Gasteiger partial charge in [0.05, 0.1) is 5.69 Å². The van der Waals surface area contributed by atoms with Crippen LogP contribution in [0.5, 0.6) is 0 Å². The molecule has 0 unspecified atom stereocenters. The molecule has 84 valence electrons. The van der Waals surface area contributed by atoms with Crippen LogP contribution in [0.25, 0.3) is 0 Å². The Labute approximate surface area is 113 Å². The lowest BCUT2D eigenvalue weighted by molar-refractivity contribution is 1.41. The molecule has 0 radical (unpaired) electrons. The summed E-state index contributed by atoms with van der Waals surface area (Å²) in [6.07, 6.45) is 0. The second-order valence-electron chi connectivity index (χ2n) is 2.84. The Morgan fingerprint density at radius 1 is 1.13 bits per heavy atom. The first kappa shape index (κ1) is 14.0. The first-order chi connectivity index (χ1) is 6.74. The fraction of sp³-hybridized carbons (Fsp3) is 0.250. The number of hydrogen-bond donors (Lipinski definition) is 0. The Morgan fingerprint density at radius 2 is 1.67 bits per heavy atom. The number of rotatable bonds is 1. The molecule has 1 aromatic rings. The molecule has 1 rings (SSSR count). The van der Waals surface area contributed by atoms with E-state index in [2.05, 4.69) is 4.74 Å². The van der Waals surface area contributed by atoms with E-state index in [4.69, 9.17) is 57.3 Å². The third-order valence-corrected chi connectivity index (χ3v) is 8.46. The fourth-order valence-electron chi connectivity index (χ4n) is 0.868. The van der Waals surface area contributed by atoms with Gasteiger partial charge in [-0.15, -0.1) is 0 Å². The van der Waals surface area contributed by atoms with Gasteiger partial charge in [0.25, 0.3) is 3.53 Å². The molecule has 1 aromatic carbocycles. The van der Waals surface area contributed by atoms with Crippen molar-refractivity contribution < 1.29 is 0 Å². The lowest BCUT2D eigenvalue weighted by Crippen LogP contribution is -1.94. The van der Waals surface area contributed by atoms with E-state index in [9.17, 15) is 0 Å². The van der Waals surface area contributed by atoms with Crippen molar-refractivity contribution in [3.05, 3.63) is 29.8 Å². The molecular weight excluding hydrogens is 318 g/mol. The zero-order valence-electron chi connectivity index (χ0n) is 7.59. The topological polar surface area (TPSA) is 12.4 Å². The van der Waals surface area contributed by atoms with E-state index in [1.54, 1.807) is 6.07 Å². The second kappa shape index (κ2) is 5.04. The van der Waals surface area contributed by atoms with Crippen molar-refractivity contribution in [3.8, 4) is 0 Å². The summed E-state index contributed by atoms with van der Waals surface area (Å²) in [6, 6.07) is 7.35. The predicted molar refractivity (Wildman–Crippen MR) is 72.2 cm³/mol. The lowest BCUT2D eigenvalue weighted by atomic mass is 10.2. The first-order valence-electron chi connectivity index (χ1n) is 3.88.